The van der Waals surface area contributed by atoms with E-state index in [1.54, 1.807) is 12.1 Å². The van der Waals surface area contributed by atoms with Gasteiger partial charge in [0.25, 0.3) is 0 Å². The Hall–Kier alpha value is -0.600. The second-order valence-corrected chi connectivity index (χ2v) is 4.29. The van der Waals surface area contributed by atoms with Gasteiger partial charge >= 0.3 is 0 Å². The molecule has 0 saturated heterocycles. The first-order chi connectivity index (χ1) is 6.69. The van der Waals surface area contributed by atoms with Crippen LogP contribution in [0.3, 0.4) is 0 Å². The molecule has 0 bridgehead atoms. The number of carbonyl (C=O) groups is 1. The molecule has 0 saturated carbocycles. The third-order valence-corrected chi connectivity index (χ3v) is 3.44. The second kappa shape index (κ2) is 5.32. The molecule has 0 aliphatic heterocycles. The van der Waals surface area contributed by atoms with Crippen molar-refractivity contribution in [3.63, 3.8) is 0 Å². The van der Waals surface area contributed by atoms with E-state index in [2.05, 4.69) is 13.8 Å². The minimum absolute atomic E-state index is 0.0312. The Kier molecular flexibility index (Phi) is 4.36. The van der Waals surface area contributed by atoms with Gasteiger partial charge in [0.15, 0.2) is 5.78 Å². The van der Waals surface area contributed by atoms with Crippen LogP contribution in [0.2, 0.25) is 5.02 Å². The molecule has 0 N–H and O–H groups in total. The highest BCUT2D eigenvalue weighted by Crippen LogP contribution is 2.23. The minimum Gasteiger partial charge on any atom is -0.288 e. The van der Waals surface area contributed by atoms with Crippen molar-refractivity contribution in [1.82, 2.24) is 0 Å². The Bertz CT molecular complexity index is 346. The summed E-state index contributed by atoms with van der Waals surface area (Å²) in [6, 6.07) is 1.75. The van der Waals surface area contributed by atoms with Gasteiger partial charge in [0, 0.05) is 0 Å². The van der Waals surface area contributed by atoms with E-state index in [1.807, 2.05) is 5.38 Å². The number of thiophene rings is 1. The van der Waals surface area contributed by atoms with E-state index in [4.69, 9.17) is 11.6 Å². The molecule has 1 aromatic heterocycles. The molecule has 1 aromatic rings. The molecule has 0 fully saturated rings. The molecule has 0 aromatic carbocycles. The van der Waals surface area contributed by atoms with Gasteiger partial charge in [-0.05, 0) is 30.4 Å². The Balaban J connectivity index is 2.86. The highest BCUT2D eigenvalue weighted by atomic mass is 35.5. The van der Waals surface area contributed by atoms with Gasteiger partial charge in [0.1, 0.15) is 0 Å². The monoisotopic (exact) mass is 228 g/mol. The van der Waals surface area contributed by atoms with Crippen molar-refractivity contribution in [2.24, 2.45) is 0 Å². The van der Waals surface area contributed by atoms with Crippen molar-refractivity contribution in [2.75, 3.05) is 0 Å². The lowest BCUT2D eigenvalue weighted by molar-refractivity contribution is 0.104. The van der Waals surface area contributed by atoms with E-state index in [-0.39, 0.29) is 5.78 Å². The van der Waals surface area contributed by atoms with Crippen LogP contribution in [0.5, 0.6) is 0 Å². The normalized spacial score (nSPS) is 9.93. The number of hydrogen-bond donors (Lipinski definition) is 0. The molecule has 14 heavy (non-hydrogen) atoms. The third kappa shape index (κ3) is 2.69. The summed E-state index contributed by atoms with van der Waals surface area (Å²) < 4.78 is 0. The zero-order valence-electron chi connectivity index (χ0n) is 8.34. The summed E-state index contributed by atoms with van der Waals surface area (Å²) in [4.78, 5) is 12.3. The van der Waals surface area contributed by atoms with Crippen LogP contribution in [0.25, 0.3) is 0 Å². The standard InChI is InChI=1S/C11H13ClOS/c1-3-8(4-2)7-10(13)11-9(12)5-6-14-11/h5-7H,3-4H2,1-2H3. The lowest BCUT2D eigenvalue weighted by Crippen LogP contribution is -1.93. The lowest BCUT2D eigenvalue weighted by Gasteiger charge is -1.98. The van der Waals surface area contributed by atoms with Gasteiger partial charge in [-0.15, -0.1) is 11.3 Å². The predicted molar refractivity (Wildman–Crippen MR) is 62.3 cm³/mol. The quantitative estimate of drug-likeness (QED) is 0.554. The summed E-state index contributed by atoms with van der Waals surface area (Å²) in [6.07, 6.45) is 3.55. The number of rotatable bonds is 4. The molecule has 0 atom stereocenters. The van der Waals surface area contributed by atoms with Crippen molar-refractivity contribution in [3.8, 4) is 0 Å². The van der Waals surface area contributed by atoms with Crippen LogP contribution in [-0.2, 0) is 0 Å². The van der Waals surface area contributed by atoms with E-state index < -0.39 is 0 Å². The maximum absolute atomic E-state index is 11.7. The molecule has 0 radical (unpaired) electrons. The smallest absolute Gasteiger partial charge is 0.197 e. The third-order valence-electron chi connectivity index (χ3n) is 2.08. The molecule has 76 valence electrons. The van der Waals surface area contributed by atoms with Crippen LogP contribution in [0.1, 0.15) is 36.4 Å². The number of hydrogen-bond acceptors (Lipinski definition) is 2. The predicted octanol–water partition coefficient (Wildman–Crippen LogP) is 4.33. The summed E-state index contributed by atoms with van der Waals surface area (Å²) in [7, 11) is 0. The molecule has 0 amide bonds. The highest BCUT2D eigenvalue weighted by Gasteiger charge is 2.09. The van der Waals surface area contributed by atoms with E-state index in [1.165, 1.54) is 16.9 Å². The molecular weight excluding hydrogens is 216 g/mol. The zero-order valence-corrected chi connectivity index (χ0v) is 9.91. The average Bonchev–Trinajstić information content (AvgIpc) is 2.60. The van der Waals surface area contributed by atoms with Crippen LogP contribution >= 0.6 is 22.9 Å². The van der Waals surface area contributed by atoms with Gasteiger partial charge < -0.3 is 0 Å². The molecule has 0 unspecified atom stereocenters. The van der Waals surface area contributed by atoms with E-state index >= 15 is 0 Å². The second-order valence-electron chi connectivity index (χ2n) is 2.97. The van der Waals surface area contributed by atoms with Crippen LogP contribution in [0.15, 0.2) is 23.1 Å². The van der Waals surface area contributed by atoms with Gasteiger partial charge in [-0.1, -0.05) is 31.0 Å². The Labute approximate surface area is 93.4 Å². The van der Waals surface area contributed by atoms with Crippen molar-refractivity contribution >= 4 is 28.7 Å². The SMILES string of the molecule is CCC(=CC(=O)c1sccc1Cl)CC. The van der Waals surface area contributed by atoms with Gasteiger partial charge in [-0.3, -0.25) is 4.79 Å². The fourth-order valence-corrected chi connectivity index (χ4v) is 2.23. The average molecular weight is 229 g/mol. The van der Waals surface area contributed by atoms with Crippen molar-refractivity contribution in [1.29, 1.82) is 0 Å². The number of allylic oxidation sites excluding steroid dienone is 2. The van der Waals surface area contributed by atoms with Crippen LogP contribution in [-0.4, -0.2) is 5.78 Å². The molecule has 3 heteroatoms. The van der Waals surface area contributed by atoms with Gasteiger partial charge in [-0.2, -0.15) is 0 Å². The van der Waals surface area contributed by atoms with Gasteiger partial charge in [0.2, 0.25) is 0 Å². The highest BCUT2D eigenvalue weighted by molar-refractivity contribution is 7.13. The summed E-state index contributed by atoms with van der Waals surface area (Å²) in [5, 5.41) is 2.39. The van der Waals surface area contributed by atoms with Crippen LogP contribution in [0, 0.1) is 0 Å². The summed E-state index contributed by atoms with van der Waals surface area (Å²) >= 11 is 7.26. The Morgan fingerprint density at radius 2 is 2.14 bits per heavy atom. The molecule has 0 aliphatic rings. The fraction of sp³-hybridized carbons (Fsp3) is 0.364. The van der Waals surface area contributed by atoms with Gasteiger partial charge in [-0.25, -0.2) is 0 Å². The van der Waals surface area contributed by atoms with E-state index in [0.29, 0.717) is 9.90 Å². The Morgan fingerprint density at radius 3 is 2.57 bits per heavy atom. The first kappa shape index (κ1) is 11.5. The molecule has 1 heterocycles. The first-order valence-electron chi connectivity index (χ1n) is 4.65. The van der Waals surface area contributed by atoms with Crippen molar-refractivity contribution < 1.29 is 4.79 Å². The first-order valence-corrected chi connectivity index (χ1v) is 5.91. The Morgan fingerprint density at radius 1 is 1.50 bits per heavy atom. The van der Waals surface area contributed by atoms with Crippen molar-refractivity contribution in [3.05, 3.63) is 33.0 Å². The largest absolute Gasteiger partial charge is 0.288 e. The molecule has 1 nitrogen and oxygen atoms in total. The van der Waals surface area contributed by atoms with E-state index in [0.717, 1.165) is 12.8 Å². The maximum atomic E-state index is 11.7. The lowest BCUT2D eigenvalue weighted by atomic mass is 10.1. The minimum atomic E-state index is 0.0312. The van der Waals surface area contributed by atoms with Crippen molar-refractivity contribution in [2.45, 2.75) is 26.7 Å². The van der Waals surface area contributed by atoms with Crippen LogP contribution < -0.4 is 0 Å². The topological polar surface area (TPSA) is 17.1 Å². The summed E-state index contributed by atoms with van der Waals surface area (Å²) in [5.74, 6) is 0.0312. The zero-order chi connectivity index (χ0) is 10.6. The number of carbonyl (C=O) groups excluding carboxylic acids is 1. The van der Waals surface area contributed by atoms with Gasteiger partial charge in [0.05, 0.1) is 9.90 Å². The summed E-state index contributed by atoms with van der Waals surface area (Å²) in [6.45, 7) is 4.11. The molecule has 0 spiro atoms. The fourth-order valence-electron chi connectivity index (χ4n) is 1.17. The number of halogens is 1. The molecular formula is C11H13ClOS. The van der Waals surface area contributed by atoms with Crippen LogP contribution in [0.4, 0.5) is 0 Å². The molecule has 1 rings (SSSR count). The number of ketones is 1. The summed E-state index contributed by atoms with van der Waals surface area (Å²) in [5.41, 5.74) is 1.17. The maximum Gasteiger partial charge on any atom is 0.197 e. The van der Waals surface area contributed by atoms with E-state index in [9.17, 15) is 4.79 Å². The molecule has 0 aliphatic carbocycles.